The molecule has 0 saturated heterocycles. The molecule has 2 aliphatic heterocycles. The van der Waals surface area contributed by atoms with Gasteiger partial charge in [-0.1, -0.05) is 72.3 Å². The summed E-state index contributed by atoms with van der Waals surface area (Å²) in [4.78, 5) is 25.9. The number of anilines is 3. The molecule has 0 unspecified atom stereocenters. The molecule has 2 heterocycles. The molecule has 6 aromatic rings. The van der Waals surface area contributed by atoms with E-state index in [1.54, 1.807) is 36.4 Å². The fourth-order valence-corrected chi connectivity index (χ4v) is 12.2. The summed E-state index contributed by atoms with van der Waals surface area (Å²) in [7, 11) is -4.00. The zero-order valence-electron chi connectivity index (χ0n) is 40.1. The number of hydrogen-bond acceptors (Lipinski definition) is 10. The minimum absolute atomic E-state index is 0.0257. The first-order chi connectivity index (χ1) is 32.7. The zero-order chi connectivity index (χ0) is 48.4. The Labute approximate surface area is 402 Å². The number of amides is 1. The number of nitrogens with one attached hydrogen (secondary N) is 2. The van der Waals surface area contributed by atoms with Crippen LogP contribution in [0.5, 0.6) is 11.5 Å². The van der Waals surface area contributed by atoms with E-state index in [4.69, 9.17) is 4.74 Å². The summed E-state index contributed by atoms with van der Waals surface area (Å²) in [5.41, 5.74) is 5.90. The van der Waals surface area contributed by atoms with Crippen LogP contribution in [0.3, 0.4) is 0 Å². The summed E-state index contributed by atoms with van der Waals surface area (Å²) in [6.07, 6.45) is 0. The van der Waals surface area contributed by atoms with Crippen molar-refractivity contribution in [3.05, 3.63) is 149 Å². The normalized spacial score (nSPS) is 13.9. The Morgan fingerprint density at radius 2 is 1.16 bits per heavy atom. The minimum Gasteiger partial charge on any atom is -0.456 e. The highest BCUT2D eigenvalue weighted by molar-refractivity contribution is 7.90. The molecule has 1 amide bonds. The van der Waals surface area contributed by atoms with Crippen LogP contribution in [0, 0.1) is 6.92 Å². The summed E-state index contributed by atoms with van der Waals surface area (Å²) < 4.78 is 67.7. The van der Waals surface area contributed by atoms with Crippen molar-refractivity contribution in [1.29, 1.82) is 0 Å². The van der Waals surface area contributed by atoms with Crippen molar-refractivity contribution in [2.45, 2.75) is 49.9 Å². The van der Waals surface area contributed by atoms with E-state index in [9.17, 15) is 16.8 Å². The van der Waals surface area contributed by atoms with Gasteiger partial charge in [0, 0.05) is 136 Å². The molecule has 2 N–H and O–H groups in total. The van der Waals surface area contributed by atoms with E-state index in [0.29, 0.717) is 22.4 Å². The second-order valence-corrected chi connectivity index (χ2v) is 21.0. The van der Waals surface area contributed by atoms with Gasteiger partial charge >= 0.3 is 0 Å². The SMILES string of the molecule is CCN(CC)c1ccc2c(c1)Oc1cc(N(CC)CC)ccc1C21c2ccccc2C(=O)N1CCN(CCNS(=O)(=O)c1ccc(C)cc1)CCNS(=O)(=O)c1cccc2c(N(C)C)cccc12. The summed E-state index contributed by atoms with van der Waals surface area (Å²) in [5, 5.41) is 1.43. The van der Waals surface area contributed by atoms with Gasteiger partial charge in [-0.2, -0.15) is 0 Å². The summed E-state index contributed by atoms with van der Waals surface area (Å²) in [5.74, 6) is 1.18. The minimum atomic E-state index is -3.99. The molecular formula is C53H63N7O6S2. The van der Waals surface area contributed by atoms with E-state index in [-0.39, 0.29) is 55.0 Å². The molecule has 8 rings (SSSR count). The molecule has 0 aliphatic carbocycles. The molecule has 13 nitrogen and oxygen atoms in total. The molecule has 2 aliphatic rings. The smallest absolute Gasteiger partial charge is 0.255 e. The van der Waals surface area contributed by atoms with E-state index in [0.717, 1.165) is 70.9 Å². The lowest BCUT2D eigenvalue weighted by molar-refractivity contribution is 0.0636. The van der Waals surface area contributed by atoms with Gasteiger partial charge in [-0.15, -0.1) is 0 Å². The Morgan fingerprint density at radius 1 is 0.603 bits per heavy atom. The summed E-state index contributed by atoms with van der Waals surface area (Å²) in [6, 6.07) is 37.9. The van der Waals surface area contributed by atoms with Gasteiger partial charge in [0.25, 0.3) is 5.91 Å². The van der Waals surface area contributed by atoms with Crippen molar-refractivity contribution in [3.63, 3.8) is 0 Å². The molecule has 1 spiro atoms. The second kappa shape index (κ2) is 19.9. The van der Waals surface area contributed by atoms with Crippen molar-refractivity contribution in [1.82, 2.24) is 19.2 Å². The highest BCUT2D eigenvalue weighted by Gasteiger charge is 2.56. The number of aryl methyl sites for hydroxylation is 1. The second-order valence-electron chi connectivity index (χ2n) is 17.5. The van der Waals surface area contributed by atoms with Gasteiger partial charge in [0.2, 0.25) is 20.0 Å². The molecule has 0 aromatic heterocycles. The van der Waals surface area contributed by atoms with Gasteiger partial charge in [-0.25, -0.2) is 26.3 Å². The van der Waals surface area contributed by atoms with Crippen LogP contribution in [0.2, 0.25) is 0 Å². The van der Waals surface area contributed by atoms with Crippen LogP contribution in [0.15, 0.2) is 131 Å². The molecule has 0 radical (unpaired) electrons. The van der Waals surface area contributed by atoms with E-state index in [1.807, 2.05) is 84.2 Å². The Morgan fingerprint density at radius 3 is 1.75 bits per heavy atom. The average molecular weight is 958 g/mol. The lowest BCUT2D eigenvalue weighted by Crippen LogP contribution is -2.51. The van der Waals surface area contributed by atoms with Crippen molar-refractivity contribution in [2.75, 3.05) is 94.2 Å². The number of carbonyl (C=O) groups excluding carboxylic acids is 1. The molecular weight excluding hydrogens is 895 g/mol. The molecule has 0 saturated carbocycles. The Hall–Kier alpha value is -5.97. The standard InChI is InChI=1S/C53H63N7O6S2/c1-8-58(9-2)39-24-28-46-49(36-39)66-50-37-40(59(10-3)11-4)25-29-47(50)53(46)45-19-13-12-16-44(45)52(61)60(53)35-34-57(32-30-54-67(62,63)41-26-22-38(5)23-27-41)33-31-55-68(64,65)51-21-15-17-42-43(51)18-14-20-48(42)56(6)7/h12-29,36-37,54-55H,8-11,30-35H2,1-7H3. The fourth-order valence-electron chi connectivity index (χ4n) is 9.92. The quantitative estimate of drug-likeness (QED) is 0.0775. The number of sulfonamides is 2. The van der Waals surface area contributed by atoms with Crippen LogP contribution in [-0.2, 0) is 25.6 Å². The van der Waals surface area contributed by atoms with Crippen LogP contribution in [0.1, 0.15) is 60.3 Å². The monoisotopic (exact) mass is 957 g/mol. The van der Waals surface area contributed by atoms with Crippen molar-refractivity contribution in [2.24, 2.45) is 0 Å². The predicted octanol–water partition coefficient (Wildman–Crippen LogP) is 8.02. The van der Waals surface area contributed by atoms with Crippen LogP contribution in [-0.4, -0.2) is 112 Å². The number of rotatable bonds is 20. The zero-order valence-corrected chi connectivity index (χ0v) is 41.8. The van der Waals surface area contributed by atoms with Crippen LogP contribution >= 0.6 is 0 Å². The van der Waals surface area contributed by atoms with Gasteiger partial charge in [-0.05, 0) is 82.6 Å². The van der Waals surface area contributed by atoms with Crippen molar-refractivity contribution >= 4 is 53.8 Å². The van der Waals surface area contributed by atoms with Gasteiger partial charge in [0.05, 0.1) is 9.79 Å². The third kappa shape index (κ3) is 9.05. The number of nitrogens with zero attached hydrogens (tertiary/aromatic N) is 5. The Bertz CT molecular complexity index is 2970. The topological polar surface area (TPSA) is 135 Å². The highest BCUT2D eigenvalue weighted by Crippen LogP contribution is 2.58. The van der Waals surface area contributed by atoms with E-state index in [1.165, 1.54) is 0 Å². The maximum absolute atomic E-state index is 15.1. The van der Waals surface area contributed by atoms with Gasteiger partial charge in [0.15, 0.2) is 0 Å². The number of ether oxygens (including phenoxy) is 1. The van der Waals surface area contributed by atoms with Crippen molar-refractivity contribution in [3.8, 4) is 11.5 Å². The summed E-state index contributed by atoms with van der Waals surface area (Å²) >= 11 is 0. The maximum Gasteiger partial charge on any atom is 0.255 e. The molecule has 0 fully saturated rings. The van der Waals surface area contributed by atoms with Crippen LogP contribution < -0.4 is 28.9 Å². The fraction of sp³-hybridized carbons (Fsp3) is 0.340. The third-order valence-electron chi connectivity index (χ3n) is 13.4. The largest absolute Gasteiger partial charge is 0.456 e. The first kappa shape index (κ1) is 48.5. The number of fused-ring (bicyclic) bond motifs is 7. The van der Waals surface area contributed by atoms with Crippen molar-refractivity contribution < 1.29 is 26.4 Å². The highest BCUT2D eigenvalue weighted by atomic mass is 32.2. The first-order valence-electron chi connectivity index (χ1n) is 23.5. The Kier molecular flexibility index (Phi) is 14.2. The van der Waals surface area contributed by atoms with E-state index < -0.39 is 25.6 Å². The average Bonchev–Trinajstić information content (AvgIpc) is 3.57. The van der Waals surface area contributed by atoms with Gasteiger partial charge in [-0.3, -0.25) is 9.69 Å². The van der Waals surface area contributed by atoms with Crippen LogP contribution in [0.4, 0.5) is 17.1 Å². The molecule has 68 heavy (non-hydrogen) atoms. The van der Waals surface area contributed by atoms with Gasteiger partial charge in [0.1, 0.15) is 17.0 Å². The molecule has 358 valence electrons. The van der Waals surface area contributed by atoms with E-state index >= 15 is 4.79 Å². The maximum atomic E-state index is 15.1. The third-order valence-corrected chi connectivity index (χ3v) is 16.4. The van der Waals surface area contributed by atoms with Gasteiger partial charge < -0.3 is 24.3 Å². The van der Waals surface area contributed by atoms with E-state index in [2.05, 4.69) is 83.3 Å². The Balaban J connectivity index is 1.16. The first-order valence-corrected chi connectivity index (χ1v) is 26.5. The van der Waals surface area contributed by atoms with Crippen LogP contribution in [0.25, 0.3) is 10.8 Å². The summed E-state index contributed by atoms with van der Waals surface area (Å²) in [6.45, 7) is 14.7. The molecule has 15 heteroatoms. The lowest BCUT2D eigenvalue weighted by atomic mass is 9.74. The lowest BCUT2D eigenvalue weighted by Gasteiger charge is -2.45. The molecule has 0 atom stereocenters. The predicted molar refractivity (Wildman–Crippen MR) is 274 cm³/mol. The molecule has 6 aromatic carbocycles. The number of carbonyl (C=O) groups is 1. The molecule has 0 bridgehead atoms. The number of hydrogen-bond donors (Lipinski definition) is 2. The number of benzene rings is 6.